The molecule has 66 valence electrons. The van der Waals surface area contributed by atoms with E-state index in [4.69, 9.17) is 0 Å². The molecular formula is C10H13FO. The van der Waals surface area contributed by atoms with Crippen molar-refractivity contribution in [2.45, 2.75) is 20.0 Å². The van der Waals surface area contributed by atoms with Gasteiger partial charge in [0.15, 0.2) is 0 Å². The standard InChI is InChI=1S/C10H13FO/c1-7(2)10(12)8-3-5-9(11)6-4-8/h3-7,10,12H,1-2H3/t10-/m0/s1. The van der Waals surface area contributed by atoms with Crippen LogP contribution in [0.1, 0.15) is 25.5 Å². The molecule has 0 aliphatic heterocycles. The third-order valence-electron chi connectivity index (χ3n) is 1.84. The fourth-order valence-electron chi connectivity index (χ4n) is 1.04. The van der Waals surface area contributed by atoms with Gasteiger partial charge in [-0.3, -0.25) is 0 Å². The number of aliphatic hydroxyl groups excluding tert-OH is 1. The molecule has 0 saturated carbocycles. The van der Waals surface area contributed by atoms with E-state index in [-0.39, 0.29) is 11.7 Å². The first-order valence-electron chi connectivity index (χ1n) is 4.05. The Morgan fingerprint density at radius 1 is 1.17 bits per heavy atom. The zero-order valence-corrected chi connectivity index (χ0v) is 7.29. The van der Waals surface area contributed by atoms with Crippen LogP contribution in [-0.2, 0) is 0 Å². The lowest BCUT2D eigenvalue weighted by molar-refractivity contribution is 0.127. The molecule has 1 aromatic rings. The number of rotatable bonds is 2. The molecule has 1 atom stereocenters. The summed E-state index contributed by atoms with van der Waals surface area (Å²) >= 11 is 0. The minimum Gasteiger partial charge on any atom is -0.388 e. The van der Waals surface area contributed by atoms with Gasteiger partial charge in [0.05, 0.1) is 6.10 Å². The maximum atomic E-state index is 12.5. The molecule has 0 aliphatic carbocycles. The molecule has 0 amide bonds. The molecule has 1 aromatic carbocycles. The summed E-state index contributed by atoms with van der Waals surface area (Å²) in [5, 5.41) is 9.57. The lowest BCUT2D eigenvalue weighted by Gasteiger charge is -2.14. The minimum atomic E-state index is -0.495. The zero-order chi connectivity index (χ0) is 9.14. The Balaban J connectivity index is 2.82. The summed E-state index contributed by atoms with van der Waals surface area (Å²) in [6.45, 7) is 3.85. The highest BCUT2D eigenvalue weighted by Crippen LogP contribution is 2.20. The zero-order valence-electron chi connectivity index (χ0n) is 7.29. The topological polar surface area (TPSA) is 20.2 Å². The highest BCUT2D eigenvalue weighted by molar-refractivity contribution is 5.18. The van der Waals surface area contributed by atoms with Gasteiger partial charge in [-0.05, 0) is 23.6 Å². The van der Waals surface area contributed by atoms with Crippen LogP contribution in [0.15, 0.2) is 24.3 Å². The van der Waals surface area contributed by atoms with Crippen molar-refractivity contribution in [3.8, 4) is 0 Å². The quantitative estimate of drug-likeness (QED) is 0.719. The Morgan fingerprint density at radius 3 is 2.08 bits per heavy atom. The first kappa shape index (κ1) is 9.20. The molecule has 0 radical (unpaired) electrons. The average Bonchev–Trinajstić information content (AvgIpc) is 2.04. The number of hydrogen-bond acceptors (Lipinski definition) is 1. The third kappa shape index (κ3) is 2.05. The summed E-state index contributed by atoms with van der Waals surface area (Å²) in [4.78, 5) is 0. The van der Waals surface area contributed by atoms with Gasteiger partial charge in [0, 0.05) is 0 Å². The largest absolute Gasteiger partial charge is 0.388 e. The van der Waals surface area contributed by atoms with E-state index in [1.165, 1.54) is 12.1 Å². The van der Waals surface area contributed by atoms with Gasteiger partial charge in [-0.25, -0.2) is 4.39 Å². The maximum absolute atomic E-state index is 12.5. The normalized spacial score (nSPS) is 13.4. The van der Waals surface area contributed by atoms with Gasteiger partial charge in [-0.2, -0.15) is 0 Å². The maximum Gasteiger partial charge on any atom is 0.123 e. The van der Waals surface area contributed by atoms with Crippen molar-refractivity contribution in [1.82, 2.24) is 0 Å². The summed E-state index contributed by atoms with van der Waals surface area (Å²) in [5.41, 5.74) is 0.770. The van der Waals surface area contributed by atoms with Crippen molar-refractivity contribution in [2.75, 3.05) is 0 Å². The third-order valence-corrected chi connectivity index (χ3v) is 1.84. The summed E-state index contributed by atoms with van der Waals surface area (Å²) in [6, 6.07) is 5.95. The van der Waals surface area contributed by atoms with Crippen molar-refractivity contribution >= 4 is 0 Å². The molecule has 0 spiro atoms. The van der Waals surface area contributed by atoms with Crippen LogP contribution in [0, 0.1) is 11.7 Å². The van der Waals surface area contributed by atoms with Crippen LogP contribution < -0.4 is 0 Å². The van der Waals surface area contributed by atoms with Crippen LogP contribution in [0.3, 0.4) is 0 Å². The van der Waals surface area contributed by atoms with Crippen molar-refractivity contribution in [1.29, 1.82) is 0 Å². The van der Waals surface area contributed by atoms with E-state index in [0.29, 0.717) is 0 Å². The van der Waals surface area contributed by atoms with E-state index in [2.05, 4.69) is 0 Å². The summed E-state index contributed by atoms with van der Waals surface area (Å²) in [5.74, 6) is -0.106. The second-order valence-electron chi connectivity index (χ2n) is 3.24. The number of aliphatic hydroxyl groups is 1. The first-order valence-corrected chi connectivity index (χ1v) is 4.05. The van der Waals surface area contributed by atoms with Crippen LogP contribution in [0.4, 0.5) is 4.39 Å². The molecule has 0 fully saturated rings. The van der Waals surface area contributed by atoms with Crippen LogP contribution in [-0.4, -0.2) is 5.11 Å². The van der Waals surface area contributed by atoms with Gasteiger partial charge in [-0.1, -0.05) is 26.0 Å². The predicted octanol–water partition coefficient (Wildman–Crippen LogP) is 2.52. The van der Waals surface area contributed by atoms with E-state index in [1.807, 2.05) is 13.8 Å². The SMILES string of the molecule is CC(C)[C@H](O)c1ccc(F)cc1. The molecule has 2 heteroatoms. The Bertz CT molecular complexity index is 241. The number of benzene rings is 1. The van der Waals surface area contributed by atoms with Gasteiger partial charge >= 0.3 is 0 Å². The second-order valence-corrected chi connectivity index (χ2v) is 3.24. The van der Waals surface area contributed by atoms with Crippen molar-refractivity contribution < 1.29 is 9.50 Å². The summed E-state index contributed by atoms with van der Waals surface area (Å²) in [7, 11) is 0. The molecule has 0 aliphatic rings. The van der Waals surface area contributed by atoms with Gasteiger partial charge in [-0.15, -0.1) is 0 Å². The van der Waals surface area contributed by atoms with Crippen LogP contribution in [0.2, 0.25) is 0 Å². The number of halogens is 1. The Kier molecular flexibility index (Phi) is 2.82. The lowest BCUT2D eigenvalue weighted by atomic mass is 9.99. The first-order chi connectivity index (χ1) is 5.61. The minimum absolute atomic E-state index is 0.162. The summed E-state index contributed by atoms with van der Waals surface area (Å²) < 4.78 is 12.5. The Labute approximate surface area is 71.9 Å². The molecule has 1 N–H and O–H groups in total. The van der Waals surface area contributed by atoms with E-state index in [0.717, 1.165) is 5.56 Å². The molecule has 0 unspecified atom stereocenters. The van der Waals surface area contributed by atoms with Crippen molar-refractivity contribution in [3.63, 3.8) is 0 Å². The fraction of sp³-hybridized carbons (Fsp3) is 0.400. The van der Waals surface area contributed by atoms with Crippen LogP contribution in [0.25, 0.3) is 0 Å². The molecule has 1 nitrogen and oxygen atoms in total. The smallest absolute Gasteiger partial charge is 0.123 e. The molecule has 1 rings (SSSR count). The molecule has 0 aromatic heterocycles. The van der Waals surface area contributed by atoms with E-state index >= 15 is 0 Å². The van der Waals surface area contributed by atoms with Crippen molar-refractivity contribution in [2.24, 2.45) is 5.92 Å². The highest BCUT2D eigenvalue weighted by Gasteiger charge is 2.10. The van der Waals surface area contributed by atoms with E-state index < -0.39 is 6.10 Å². The van der Waals surface area contributed by atoms with Crippen molar-refractivity contribution in [3.05, 3.63) is 35.6 Å². The molecule has 0 bridgehead atoms. The Hall–Kier alpha value is -0.890. The van der Waals surface area contributed by atoms with E-state index in [1.54, 1.807) is 12.1 Å². The molecule has 0 saturated heterocycles. The predicted molar refractivity (Wildman–Crippen MR) is 46.2 cm³/mol. The van der Waals surface area contributed by atoms with Gasteiger partial charge < -0.3 is 5.11 Å². The summed E-state index contributed by atoms with van der Waals surface area (Å²) in [6.07, 6.45) is -0.495. The van der Waals surface area contributed by atoms with Gasteiger partial charge in [0.2, 0.25) is 0 Å². The Morgan fingerprint density at radius 2 is 1.67 bits per heavy atom. The monoisotopic (exact) mass is 168 g/mol. The van der Waals surface area contributed by atoms with Gasteiger partial charge in [0.25, 0.3) is 0 Å². The second kappa shape index (κ2) is 3.68. The fourth-order valence-corrected chi connectivity index (χ4v) is 1.04. The van der Waals surface area contributed by atoms with Crippen LogP contribution in [0.5, 0.6) is 0 Å². The average molecular weight is 168 g/mol. The number of hydrogen-bond donors (Lipinski definition) is 1. The van der Waals surface area contributed by atoms with Crippen LogP contribution >= 0.6 is 0 Å². The van der Waals surface area contributed by atoms with Gasteiger partial charge in [0.1, 0.15) is 5.82 Å². The molecule has 12 heavy (non-hydrogen) atoms. The molecule has 0 heterocycles. The lowest BCUT2D eigenvalue weighted by Crippen LogP contribution is -2.04. The molecular weight excluding hydrogens is 155 g/mol. The van der Waals surface area contributed by atoms with E-state index in [9.17, 15) is 9.50 Å². The highest BCUT2D eigenvalue weighted by atomic mass is 19.1.